The van der Waals surface area contributed by atoms with E-state index in [0.717, 1.165) is 25.7 Å². The molecule has 4 nitrogen and oxygen atoms in total. The van der Waals surface area contributed by atoms with E-state index in [4.69, 9.17) is 5.73 Å². The molecule has 2 rings (SSSR count). The van der Waals surface area contributed by atoms with Crippen molar-refractivity contribution in [1.82, 2.24) is 4.98 Å². The molecule has 1 aliphatic rings. The van der Waals surface area contributed by atoms with Crippen molar-refractivity contribution in [2.24, 2.45) is 0 Å². The maximum absolute atomic E-state index is 13.5. The fourth-order valence-corrected chi connectivity index (χ4v) is 2.21. The Balaban J connectivity index is 2.14. The number of nitrogens with one attached hydrogen (secondary N) is 1. The number of hydrogen-bond acceptors (Lipinski definition) is 4. The Bertz CT molecular complexity index is 428. The molecule has 0 spiro atoms. The molecular weight excluding hydrogens is 240 g/mol. The van der Waals surface area contributed by atoms with Gasteiger partial charge in [0, 0.05) is 6.07 Å². The Morgan fingerprint density at radius 1 is 1.22 bits per heavy atom. The summed E-state index contributed by atoms with van der Waals surface area (Å²) in [6, 6.07) is 0.438. The van der Waals surface area contributed by atoms with Crippen molar-refractivity contribution in [3.05, 3.63) is 17.7 Å². The van der Waals surface area contributed by atoms with E-state index in [9.17, 15) is 13.9 Å². The maximum Gasteiger partial charge on any atom is 0.168 e. The summed E-state index contributed by atoms with van der Waals surface area (Å²) in [5, 5.41) is 12.7. The molecule has 1 aliphatic carbocycles. The second kappa shape index (κ2) is 5.48. The molecule has 0 amide bonds. The van der Waals surface area contributed by atoms with Crippen LogP contribution in [0.2, 0.25) is 0 Å². The number of aliphatic hydroxyl groups excluding tert-OH is 1. The smallest absolute Gasteiger partial charge is 0.168 e. The zero-order chi connectivity index (χ0) is 13.1. The highest BCUT2D eigenvalue weighted by atomic mass is 19.1. The summed E-state index contributed by atoms with van der Waals surface area (Å²) in [6.45, 7) is 0. The van der Waals surface area contributed by atoms with Crippen molar-refractivity contribution in [1.29, 1.82) is 0 Å². The topological polar surface area (TPSA) is 71.2 Å². The van der Waals surface area contributed by atoms with Crippen LogP contribution in [0, 0.1) is 11.6 Å². The van der Waals surface area contributed by atoms with E-state index in [2.05, 4.69) is 10.3 Å². The van der Waals surface area contributed by atoms with Gasteiger partial charge in [-0.15, -0.1) is 0 Å². The van der Waals surface area contributed by atoms with Crippen molar-refractivity contribution in [2.45, 2.75) is 44.2 Å². The molecule has 1 fully saturated rings. The number of aliphatic hydroxyl groups is 1. The molecule has 6 heteroatoms. The maximum atomic E-state index is 13.5. The van der Waals surface area contributed by atoms with E-state index in [0.29, 0.717) is 12.5 Å². The van der Waals surface area contributed by atoms with E-state index >= 15 is 0 Å². The zero-order valence-corrected chi connectivity index (χ0v) is 10.00. The van der Waals surface area contributed by atoms with Crippen LogP contribution in [0.5, 0.6) is 0 Å². The second-order valence-corrected chi connectivity index (χ2v) is 4.64. The first-order valence-electron chi connectivity index (χ1n) is 6.14. The third kappa shape index (κ3) is 2.87. The van der Waals surface area contributed by atoms with E-state index in [1.807, 2.05) is 0 Å². The number of nitrogens with zero attached hydrogens (tertiary/aromatic N) is 1. The van der Waals surface area contributed by atoms with Crippen LogP contribution in [-0.4, -0.2) is 22.2 Å². The molecule has 18 heavy (non-hydrogen) atoms. The number of hydrogen-bond donors (Lipinski definition) is 3. The molecule has 100 valence electrons. The summed E-state index contributed by atoms with van der Waals surface area (Å²) in [4.78, 5) is 3.64. The standard InChI is InChI=1S/C12H17F2N3O/c13-7-6-8(14)12(17-11(7)15)16-9-4-2-1-3-5-10(9)18/h6,9-10,18H,1-5H2,(H3,15,16,17). The minimum absolute atomic E-state index is 0.0974. The van der Waals surface area contributed by atoms with E-state index < -0.39 is 17.7 Å². The molecular formula is C12H17F2N3O. The molecule has 1 heterocycles. The molecule has 0 aliphatic heterocycles. The largest absolute Gasteiger partial charge is 0.391 e. The van der Waals surface area contributed by atoms with Gasteiger partial charge in [0.1, 0.15) is 0 Å². The molecule has 4 N–H and O–H groups in total. The summed E-state index contributed by atoms with van der Waals surface area (Å²) in [7, 11) is 0. The first-order chi connectivity index (χ1) is 8.58. The average Bonchev–Trinajstić information content (AvgIpc) is 2.52. The molecule has 0 saturated heterocycles. The van der Waals surface area contributed by atoms with Gasteiger partial charge in [-0.3, -0.25) is 0 Å². The van der Waals surface area contributed by atoms with Gasteiger partial charge in [0.25, 0.3) is 0 Å². The second-order valence-electron chi connectivity index (χ2n) is 4.64. The summed E-state index contributed by atoms with van der Waals surface area (Å²) in [5.41, 5.74) is 5.30. The van der Waals surface area contributed by atoms with Crippen LogP contribution in [0.25, 0.3) is 0 Å². The number of pyridine rings is 1. The third-order valence-corrected chi connectivity index (χ3v) is 3.26. The molecule has 1 saturated carbocycles. The molecule has 1 aromatic heterocycles. The molecule has 0 aromatic carbocycles. The van der Waals surface area contributed by atoms with Gasteiger partial charge in [-0.1, -0.05) is 19.3 Å². The normalized spacial score (nSPS) is 24.6. The van der Waals surface area contributed by atoms with E-state index in [1.54, 1.807) is 0 Å². The van der Waals surface area contributed by atoms with Crippen molar-refractivity contribution in [3.8, 4) is 0 Å². The number of rotatable bonds is 2. The van der Waals surface area contributed by atoms with Gasteiger partial charge >= 0.3 is 0 Å². The number of halogens is 2. The SMILES string of the molecule is Nc1nc(NC2CCCCCC2O)c(F)cc1F. The number of aromatic nitrogens is 1. The van der Waals surface area contributed by atoms with Gasteiger partial charge in [-0.2, -0.15) is 0 Å². The van der Waals surface area contributed by atoms with E-state index in [1.165, 1.54) is 0 Å². The Hall–Kier alpha value is -1.43. The lowest BCUT2D eigenvalue weighted by Gasteiger charge is -2.22. The van der Waals surface area contributed by atoms with Crippen molar-refractivity contribution >= 4 is 11.6 Å². The van der Waals surface area contributed by atoms with Crippen LogP contribution in [0.1, 0.15) is 32.1 Å². The van der Waals surface area contributed by atoms with Crippen LogP contribution >= 0.6 is 0 Å². The number of anilines is 2. The summed E-state index contributed by atoms with van der Waals surface area (Å²) >= 11 is 0. The van der Waals surface area contributed by atoms with E-state index in [-0.39, 0.29) is 17.7 Å². The van der Waals surface area contributed by atoms with Gasteiger partial charge in [0.05, 0.1) is 12.1 Å². The quantitative estimate of drug-likeness (QED) is 0.709. The van der Waals surface area contributed by atoms with Gasteiger partial charge in [0.2, 0.25) is 0 Å². The number of nitrogens with two attached hydrogens (primary N) is 1. The van der Waals surface area contributed by atoms with Gasteiger partial charge in [0.15, 0.2) is 23.3 Å². The lowest BCUT2D eigenvalue weighted by Crippen LogP contribution is -2.33. The minimum atomic E-state index is -0.875. The highest BCUT2D eigenvalue weighted by Crippen LogP contribution is 2.23. The predicted molar refractivity (Wildman–Crippen MR) is 65.1 cm³/mol. The monoisotopic (exact) mass is 257 g/mol. The summed E-state index contributed by atoms with van der Waals surface area (Å²) in [5.74, 6) is -2.11. The van der Waals surface area contributed by atoms with Gasteiger partial charge in [-0.25, -0.2) is 13.8 Å². The predicted octanol–water partition coefficient (Wildman–Crippen LogP) is 2.05. The fraction of sp³-hybridized carbons (Fsp3) is 0.583. The molecule has 1 aromatic rings. The zero-order valence-electron chi connectivity index (χ0n) is 10.00. The Morgan fingerprint density at radius 2 is 1.94 bits per heavy atom. The highest BCUT2D eigenvalue weighted by Gasteiger charge is 2.23. The summed E-state index contributed by atoms with van der Waals surface area (Å²) < 4.78 is 26.5. The van der Waals surface area contributed by atoms with Crippen LogP contribution in [0.4, 0.5) is 20.4 Å². The minimum Gasteiger partial charge on any atom is -0.391 e. The molecule has 0 bridgehead atoms. The average molecular weight is 257 g/mol. The number of nitrogen functional groups attached to an aromatic ring is 1. The van der Waals surface area contributed by atoms with Crippen LogP contribution < -0.4 is 11.1 Å². The lowest BCUT2D eigenvalue weighted by atomic mass is 10.1. The van der Waals surface area contributed by atoms with Gasteiger partial charge in [-0.05, 0) is 12.8 Å². The Kier molecular flexibility index (Phi) is 3.96. The van der Waals surface area contributed by atoms with Crippen LogP contribution in [0.15, 0.2) is 6.07 Å². The molecule has 0 radical (unpaired) electrons. The fourth-order valence-electron chi connectivity index (χ4n) is 2.21. The lowest BCUT2D eigenvalue weighted by molar-refractivity contribution is 0.144. The molecule has 2 atom stereocenters. The van der Waals surface area contributed by atoms with Crippen molar-refractivity contribution in [2.75, 3.05) is 11.1 Å². The first-order valence-corrected chi connectivity index (χ1v) is 6.14. The van der Waals surface area contributed by atoms with Crippen molar-refractivity contribution < 1.29 is 13.9 Å². The highest BCUT2D eigenvalue weighted by molar-refractivity contribution is 5.45. The van der Waals surface area contributed by atoms with Crippen molar-refractivity contribution in [3.63, 3.8) is 0 Å². The Morgan fingerprint density at radius 3 is 2.72 bits per heavy atom. The third-order valence-electron chi connectivity index (χ3n) is 3.26. The van der Waals surface area contributed by atoms with Crippen LogP contribution in [-0.2, 0) is 0 Å². The Labute approximate surface area is 104 Å². The van der Waals surface area contributed by atoms with Crippen LogP contribution in [0.3, 0.4) is 0 Å². The van der Waals surface area contributed by atoms with Gasteiger partial charge < -0.3 is 16.2 Å². The first kappa shape index (κ1) is 13.0. The summed E-state index contributed by atoms with van der Waals surface area (Å²) in [6.07, 6.45) is 3.85. The molecule has 2 unspecified atom stereocenters.